The van der Waals surface area contributed by atoms with Crippen molar-refractivity contribution in [2.75, 3.05) is 0 Å². The molecular formula is C24H32N2. The van der Waals surface area contributed by atoms with Gasteiger partial charge in [-0.25, -0.2) is 9.13 Å². The molecule has 3 rings (SSSR count). The largest absolute Gasteiger partial charge is 0.358 e. The molecule has 0 aliphatic rings. The van der Waals surface area contributed by atoms with Gasteiger partial charge in [0.2, 0.25) is 6.33 Å². The van der Waals surface area contributed by atoms with Gasteiger partial charge in [-0.05, 0) is 41.4 Å². The predicted molar refractivity (Wildman–Crippen MR) is 110 cm³/mol. The molecule has 0 aliphatic heterocycles. The second-order valence-electron chi connectivity index (χ2n) is 7.15. The quantitative estimate of drug-likeness (QED) is 0.394. The third-order valence-electron chi connectivity index (χ3n) is 5.14. The van der Waals surface area contributed by atoms with Crippen molar-refractivity contribution in [1.82, 2.24) is 4.57 Å². The molecule has 0 saturated carbocycles. The first-order chi connectivity index (χ1) is 12.2. The summed E-state index contributed by atoms with van der Waals surface area (Å²) in [6, 6.07) is 20.1. The van der Waals surface area contributed by atoms with Crippen molar-refractivity contribution in [1.29, 1.82) is 0 Å². The van der Waals surface area contributed by atoms with Gasteiger partial charge in [-0.2, -0.15) is 0 Å². The summed E-state index contributed by atoms with van der Waals surface area (Å²) in [6.07, 6.45) is 8.69. The highest BCUT2D eigenvalue weighted by molar-refractivity contribution is 5.27. The Morgan fingerprint density at radius 2 is 1.65 bits per heavy atom. The fourth-order valence-electron chi connectivity index (χ4n) is 3.58. The van der Waals surface area contributed by atoms with Crippen LogP contribution < -0.4 is 4.57 Å². The first-order valence-electron chi connectivity index (χ1n) is 9.30. The lowest BCUT2D eigenvalue weighted by molar-refractivity contribution is -0.671. The molecule has 138 valence electrons. The molecule has 1 aromatic heterocycles. The van der Waals surface area contributed by atoms with Gasteiger partial charge in [-0.1, -0.05) is 68.4 Å². The number of hydrogen-bond donors (Lipinski definition) is 0. The van der Waals surface area contributed by atoms with Crippen LogP contribution in [-0.4, -0.2) is 4.57 Å². The maximum absolute atomic E-state index is 2.35. The second kappa shape index (κ2) is 9.38. The van der Waals surface area contributed by atoms with E-state index in [1.54, 1.807) is 0 Å². The molecule has 2 nitrogen and oxygen atoms in total. The summed E-state index contributed by atoms with van der Waals surface area (Å²) < 4.78 is 4.28. The zero-order valence-electron chi connectivity index (χ0n) is 16.6. The molecule has 2 heteroatoms. The van der Waals surface area contributed by atoms with Crippen molar-refractivity contribution in [2.24, 2.45) is 7.05 Å². The fraction of sp³-hybridized carbons (Fsp3) is 0.333. The van der Waals surface area contributed by atoms with E-state index in [4.69, 9.17) is 0 Å². The van der Waals surface area contributed by atoms with Gasteiger partial charge >= 0.3 is 0 Å². The molecule has 0 aliphatic carbocycles. The van der Waals surface area contributed by atoms with Gasteiger partial charge in [0.15, 0.2) is 0 Å². The number of aromatic nitrogens is 2. The highest BCUT2D eigenvalue weighted by Gasteiger charge is 2.15. The Morgan fingerprint density at radius 3 is 2.23 bits per heavy atom. The van der Waals surface area contributed by atoms with Crippen LogP contribution in [0.3, 0.4) is 0 Å². The average molecular weight is 349 g/mol. The molecule has 0 amide bonds. The maximum atomic E-state index is 2.35. The van der Waals surface area contributed by atoms with Gasteiger partial charge < -0.3 is 7.43 Å². The molecule has 0 N–H and O–H groups in total. The molecule has 0 fully saturated rings. The van der Waals surface area contributed by atoms with Gasteiger partial charge in [-0.15, -0.1) is 0 Å². The number of hydrogen-bond acceptors (Lipinski definition) is 0. The van der Waals surface area contributed by atoms with E-state index in [1.807, 2.05) is 0 Å². The Kier molecular flexibility index (Phi) is 7.20. The number of rotatable bonds is 7. The van der Waals surface area contributed by atoms with Crippen molar-refractivity contribution < 1.29 is 4.57 Å². The lowest BCUT2D eigenvalue weighted by Crippen LogP contribution is -2.23. The summed E-state index contributed by atoms with van der Waals surface area (Å²) >= 11 is 0. The first-order valence-corrected chi connectivity index (χ1v) is 9.30. The van der Waals surface area contributed by atoms with Crippen LogP contribution in [0.25, 0.3) is 0 Å². The van der Waals surface area contributed by atoms with Crippen LogP contribution in [0.1, 0.15) is 55.2 Å². The molecule has 2 unspecified atom stereocenters. The van der Waals surface area contributed by atoms with Crippen molar-refractivity contribution in [2.45, 2.75) is 45.1 Å². The molecular weight excluding hydrogens is 316 g/mol. The number of aryl methyl sites for hydroxylation is 1. The Morgan fingerprint density at radius 1 is 0.962 bits per heavy atom. The molecule has 0 spiro atoms. The predicted octanol–water partition coefficient (Wildman–Crippen LogP) is 5.50. The summed E-state index contributed by atoms with van der Waals surface area (Å²) in [4.78, 5) is 0. The third-order valence-corrected chi connectivity index (χ3v) is 5.14. The van der Waals surface area contributed by atoms with Crippen LogP contribution in [0.2, 0.25) is 0 Å². The molecule has 0 radical (unpaired) electrons. The zero-order chi connectivity index (χ0) is 17.6. The van der Waals surface area contributed by atoms with Gasteiger partial charge in [0.25, 0.3) is 0 Å². The van der Waals surface area contributed by atoms with Crippen molar-refractivity contribution in [3.05, 3.63) is 97.4 Å². The molecule has 0 saturated heterocycles. The van der Waals surface area contributed by atoms with E-state index in [-0.39, 0.29) is 7.43 Å². The zero-order valence-corrected chi connectivity index (χ0v) is 16.6. The van der Waals surface area contributed by atoms with Gasteiger partial charge in [0.05, 0.1) is 7.05 Å². The molecule has 0 bridgehead atoms. The van der Waals surface area contributed by atoms with Crippen LogP contribution >= 0.6 is 0 Å². The topological polar surface area (TPSA) is 8.81 Å². The van der Waals surface area contributed by atoms with Crippen molar-refractivity contribution in [3.63, 3.8) is 0 Å². The molecule has 1 heterocycles. The second-order valence-corrected chi connectivity index (χ2v) is 7.15. The first kappa shape index (κ1) is 20.0. The summed E-state index contributed by atoms with van der Waals surface area (Å²) in [6.45, 7) is 5.58. The summed E-state index contributed by atoms with van der Waals surface area (Å²) in [5.74, 6) is 1.21. The SMILES string of the molecule is CCC(CC(C)c1ccc(Cn2cc[n+](C)c2)cc1)c1ccccc1.[CH3-]. The minimum Gasteiger partial charge on any atom is -0.358 e. The van der Waals surface area contributed by atoms with Gasteiger partial charge in [-0.3, -0.25) is 0 Å². The van der Waals surface area contributed by atoms with Gasteiger partial charge in [0, 0.05) is 0 Å². The van der Waals surface area contributed by atoms with Gasteiger partial charge in [0.1, 0.15) is 18.9 Å². The monoisotopic (exact) mass is 348 g/mol. The Bertz CT molecular complexity index is 771. The molecule has 3 aromatic rings. The standard InChI is InChI=1S/C23H29N2.CH3/c1-4-21(23-8-6-5-7-9-23)16-19(2)22-12-10-20(11-13-22)17-25-15-14-24(3)18-25;/h5-15,18-19,21H,4,16-17H2,1-3H3;1H3/q+1;-1. The lowest BCUT2D eigenvalue weighted by atomic mass is 9.84. The van der Waals surface area contributed by atoms with E-state index in [0.29, 0.717) is 11.8 Å². The van der Waals surface area contributed by atoms with Crippen LogP contribution in [0, 0.1) is 7.43 Å². The minimum absolute atomic E-state index is 0. The van der Waals surface area contributed by atoms with E-state index in [2.05, 4.69) is 103 Å². The normalized spacial score (nSPS) is 13.0. The fourth-order valence-corrected chi connectivity index (χ4v) is 3.58. The van der Waals surface area contributed by atoms with Crippen LogP contribution in [0.4, 0.5) is 0 Å². The van der Waals surface area contributed by atoms with E-state index >= 15 is 0 Å². The summed E-state index contributed by atoms with van der Waals surface area (Å²) in [5.41, 5.74) is 4.26. The highest BCUT2D eigenvalue weighted by Crippen LogP contribution is 2.31. The minimum atomic E-state index is 0. The van der Waals surface area contributed by atoms with Crippen LogP contribution in [0.15, 0.2) is 73.3 Å². The lowest BCUT2D eigenvalue weighted by Gasteiger charge is -2.20. The van der Waals surface area contributed by atoms with E-state index in [1.165, 1.54) is 29.5 Å². The van der Waals surface area contributed by atoms with E-state index in [0.717, 1.165) is 6.54 Å². The molecule has 26 heavy (non-hydrogen) atoms. The van der Waals surface area contributed by atoms with E-state index < -0.39 is 0 Å². The maximum Gasteiger partial charge on any atom is 0.243 e. The summed E-state index contributed by atoms with van der Waals surface area (Å²) in [7, 11) is 2.05. The number of benzene rings is 2. The Balaban J connectivity index is 0.00000243. The van der Waals surface area contributed by atoms with Crippen molar-refractivity contribution in [3.8, 4) is 0 Å². The summed E-state index contributed by atoms with van der Waals surface area (Å²) in [5, 5.41) is 0. The smallest absolute Gasteiger partial charge is 0.243 e. The molecule has 2 atom stereocenters. The van der Waals surface area contributed by atoms with E-state index in [9.17, 15) is 0 Å². The van der Waals surface area contributed by atoms with Crippen molar-refractivity contribution >= 4 is 0 Å². The molecule has 2 aromatic carbocycles. The Hall–Kier alpha value is -2.35. The Labute approximate surface area is 159 Å². The average Bonchev–Trinajstić information content (AvgIpc) is 3.05. The third kappa shape index (κ3) is 5.08. The van der Waals surface area contributed by atoms with Crippen LogP contribution in [-0.2, 0) is 13.6 Å². The number of nitrogens with zero attached hydrogens (tertiary/aromatic N) is 2. The highest BCUT2D eigenvalue weighted by atomic mass is 15.1. The van der Waals surface area contributed by atoms with Crippen LogP contribution in [0.5, 0.6) is 0 Å². The number of imidazole rings is 1.